The Bertz CT molecular complexity index is 1300. The highest BCUT2D eigenvalue weighted by Crippen LogP contribution is 2.31. The monoisotopic (exact) mass is 473 g/mol. The molecule has 172 valence electrons. The van der Waals surface area contributed by atoms with Crippen LogP contribution in [0.15, 0.2) is 71.6 Å². The fourth-order valence-corrected chi connectivity index (χ4v) is 4.13. The molecule has 0 aromatic heterocycles. The van der Waals surface area contributed by atoms with Crippen LogP contribution in [0.25, 0.3) is 0 Å². The fraction of sp³-hybridized carbons (Fsp3) is 0.136. The summed E-state index contributed by atoms with van der Waals surface area (Å²) in [7, 11) is -1.27. The van der Waals surface area contributed by atoms with E-state index in [4.69, 9.17) is 4.74 Å². The van der Waals surface area contributed by atoms with Crippen LogP contribution in [0.5, 0.6) is 5.75 Å². The first-order valence-corrected chi connectivity index (χ1v) is 11.0. The highest BCUT2D eigenvalue weighted by atomic mass is 32.2. The van der Waals surface area contributed by atoms with Crippen molar-refractivity contribution in [3.8, 4) is 5.75 Å². The molecule has 1 N–H and O–H groups in total. The quantitative estimate of drug-likeness (QED) is 0.392. The molecule has 1 amide bonds. The average Bonchev–Trinajstić information content (AvgIpc) is 2.78. The van der Waals surface area contributed by atoms with E-state index in [2.05, 4.69) is 4.72 Å². The Balaban J connectivity index is 1.78. The third kappa shape index (κ3) is 5.63. The number of carbonyl (C=O) groups is 1. The lowest BCUT2D eigenvalue weighted by Crippen LogP contribution is -2.26. The number of hydrogen-bond donors (Lipinski definition) is 1. The first kappa shape index (κ1) is 23.7. The Morgan fingerprint density at radius 3 is 2.42 bits per heavy atom. The molecule has 0 heterocycles. The molecule has 9 nitrogen and oxygen atoms in total. The van der Waals surface area contributed by atoms with Crippen molar-refractivity contribution in [3.05, 3.63) is 93.8 Å². The fourth-order valence-electron chi connectivity index (χ4n) is 3.07. The molecule has 0 unspecified atom stereocenters. The zero-order chi connectivity index (χ0) is 24.2. The van der Waals surface area contributed by atoms with E-state index in [0.29, 0.717) is 5.56 Å². The van der Waals surface area contributed by atoms with Gasteiger partial charge in [-0.25, -0.2) is 12.8 Å². The number of anilines is 1. The zero-order valence-corrected chi connectivity index (χ0v) is 18.5. The summed E-state index contributed by atoms with van der Waals surface area (Å²) in [6, 6.07) is 14.6. The summed E-state index contributed by atoms with van der Waals surface area (Å²) in [6.07, 6.45) is 0. The Labute approximate surface area is 189 Å². The van der Waals surface area contributed by atoms with E-state index in [9.17, 15) is 27.7 Å². The number of halogens is 1. The normalized spacial score (nSPS) is 11.0. The summed E-state index contributed by atoms with van der Waals surface area (Å²) < 4.78 is 46.2. The van der Waals surface area contributed by atoms with E-state index in [1.54, 1.807) is 19.2 Å². The van der Waals surface area contributed by atoms with E-state index in [-0.39, 0.29) is 40.0 Å². The molecule has 0 radical (unpaired) electrons. The summed E-state index contributed by atoms with van der Waals surface area (Å²) in [5.41, 5.74) is 0.443. The molecule has 3 rings (SSSR count). The Morgan fingerprint density at radius 2 is 1.82 bits per heavy atom. The van der Waals surface area contributed by atoms with Crippen molar-refractivity contribution < 1.29 is 27.3 Å². The molecule has 0 aliphatic carbocycles. The van der Waals surface area contributed by atoms with Gasteiger partial charge in [0, 0.05) is 31.3 Å². The molecule has 0 atom stereocenters. The van der Waals surface area contributed by atoms with Gasteiger partial charge in [0.1, 0.15) is 11.6 Å². The lowest BCUT2D eigenvalue weighted by atomic mass is 10.1. The van der Waals surface area contributed by atoms with Gasteiger partial charge in [-0.1, -0.05) is 12.1 Å². The van der Waals surface area contributed by atoms with Crippen LogP contribution in [0.3, 0.4) is 0 Å². The molecule has 3 aromatic carbocycles. The standard InChI is InChI=1S/C22H20FN3O6S/c1-25(14-15-4-3-5-17(23)12-15)22(27)16-6-9-19(10-7-16)33(30,31)24-20-13-18(26(28)29)8-11-21(20)32-2/h3-13,24H,14H2,1-2H3. The topological polar surface area (TPSA) is 119 Å². The number of ether oxygens (including phenoxy) is 1. The second kappa shape index (κ2) is 9.65. The number of amides is 1. The Morgan fingerprint density at radius 1 is 1.12 bits per heavy atom. The number of nitrogens with zero attached hydrogens (tertiary/aromatic N) is 2. The van der Waals surface area contributed by atoms with Gasteiger partial charge in [-0.05, 0) is 48.0 Å². The number of carbonyl (C=O) groups excluding carboxylic acids is 1. The van der Waals surface area contributed by atoms with Gasteiger partial charge >= 0.3 is 0 Å². The van der Waals surface area contributed by atoms with Gasteiger partial charge in [-0.2, -0.15) is 0 Å². The number of methoxy groups -OCH3 is 1. The van der Waals surface area contributed by atoms with Gasteiger partial charge in [-0.3, -0.25) is 19.6 Å². The minimum atomic E-state index is -4.12. The van der Waals surface area contributed by atoms with Crippen molar-refractivity contribution in [2.75, 3.05) is 18.9 Å². The lowest BCUT2D eigenvalue weighted by Gasteiger charge is -2.18. The maximum absolute atomic E-state index is 13.4. The second-order valence-electron chi connectivity index (χ2n) is 7.06. The number of hydrogen-bond acceptors (Lipinski definition) is 6. The number of nitro benzene ring substituents is 1. The Hall–Kier alpha value is -3.99. The third-order valence-corrected chi connectivity index (χ3v) is 6.09. The van der Waals surface area contributed by atoms with Crippen LogP contribution in [0.1, 0.15) is 15.9 Å². The van der Waals surface area contributed by atoms with Crippen molar-refractivity contribution in [3.63, 3.8) is 0 Å². The molecule has 0 fully saturated rings. The van der Waals surface area contributed by atoms with Gasteiger partial charge < -0.3 is 9.64 Å². The number of nitrogens with one attached hydrogen (secondary N) is 1. The smallest absolute Gasteiger partial charge is 0.271 e. The van der Waals surface area contributed by atoms with Crippen LogP contribution in [0, 0.1) is 15.9 Å². The summed E-state index contributed by atoms with van der Waals surface area (Å²) in [6.45, 7) is 0.171. The SMILES string of the molecule is COc1ccc([N+](=O)[O-])cc1NS(=O)(=O)c1ccc(C(=O)N(C)Cc2cccc(F)c2)cc1. The molecular weight excluding hydrogens is 453 g/mol. The molecule has 0 saturated carbocycles. The minimum absolute atomic E-state index is 0.0957. The highest BCUT2D eigenvalue weighted by Gasteiger charge is 2.20. The maximum Gasteiger partial charge on any atom is 0.271 e. The van der Waals surface area contributed by atoms with Crippen molar-refractivity contribution in [1.82, 2.24) is 4.90 Å². The van der Waals surface area contributed by atoms with Crippen LogP contribution in [-0.4, -0.2) is 38.3 Å². The molecule has 0 spiro atoms. The van der Waals surface area contributed by atoms with Crippen LogP contribution < -0.4 is 9.46 Å². The molecule has 0 bridgehead atoms. The minimum Gasteiger partial charge on any atom is -0.495 e. The van der Waals surface area contributed by atoms with Gasteiger partial charge in [0.2, 0.25) is 0 Å². The predicted molar refractivity (Wildman–Crippen MR) is 119 cm³/mol. The zero-order valence-electron chi connectivity index (χ0n) is 17.7. The largest absolute Gasteiger partial charge is 0.495 e. The van der Waals surface area contributed by atoms with Gasteiger partial charge in [0.15, 0.2) is 0 Å². The molecule has 3 aromatic rings. The van der Waals surface area contributed by atoms with E-state index >= 15 is 0 Å². The van der Waals surface area contributed by atoms with E-state index in [1.165, 1.54) is 60.5 Å². The van der Waals surface area contributed by atoms with Crippen molar-refractivity contribution in [2.45, 2.75) is 11.4 Å². The number of rotatable bonds is 8. The van der Waals surface area contributed by atoms with Gasteiger partial charge in [0.05, 0.1) is 22.6 Å². The van der Waals surface area contributed by atoms with Gasteiger partial charge in [-0.15, -0.1) is 0 Å². The van der Waals surface area contributed by atoms with Crippen LogP contribution in [0.4, 0.5) is 15.8 Å². The Kier molecular flexibility index (Phi) is 6.92. The van der Waals surface area contributed by atoms with Crippen LogP contribution in [0.2, 0.25) is 0 Å². The summed E-state index contributed by atoms with van der Waals surface area (Å²) >= 11 is 0. The van der Waals surface area contributed by atoms with Crippen molar-refractivity contribution in [1.29, 1.82) is 0 Å². The van der Waals surface area contributed by atoms with Crippen molar-refractivity contribution in [2.24, 2.45) is 0 Å². The number of non-ortho nitro benzene ring substituents is 1. The molecule has 0 saturated heterocycles. The molecule has 0 aliphatic heterocycles. The number of nitro groups is 1. The third-order valence-electron chi connectivity index (χ3n) is 4.71. The second-order valence-corrected chi connectivity index (χ2v) is 8.75. The van der Waals surface area contributed by atoms with E-state index in [0.717, 1.165) is 6.07 Å². The molecule has 11 heteroatoms. The summed E-state index contributed by atoms with van der Waals surface area (Å²) in [5, 5.41) is 11.0. The molecule has 33 heavy (non-hydrogen) atoms. The van der Waals surface area contributed by atoms with E-state index < -0.39 is 20.8 Å². The van der Waals surface area contributed by atoms with Crippen LogP contribution in [-0.2, 0) is 16.6 Å². The van der Waals surface area contributed by atoms with E-state index in [1.807, 2.05) is 0 Å². The summed E-state index contributed by atoms with van der Waals surface area (Å²) in [4.78, 5) is 24.2. The first-order valence-electron chi connectivity index (χ1n) is 9.56. The summed E-state index contributed by atoms with van der Waals surface area (Å²) in [5.74, 6) is -0.678. The molecular formula is C22H20FN3O6S. The highest BCUT2D eigenvalue weighted by molar-refractivity contribution is 7.92. The first-order chi connectivity index (χ1) is 15.6. The lowest BCUT2D eigenvalue weighted by molar-refractivity contribution is -0.384. The van der Waals surface area contributed by atoms with Gasteiger partial charge in [0.25, 0.3) is 21.6 Å². The predicted octanol–water partition coefficient (Wildman–Crippen LogP) is 3.82. The van der Waals surface area contributed by atoms with Crippen LogP contribution >= 0.6 is 0 Å². The average molecular weight is 473 g/mol. The maximum atomic E-state index is 13.4. The number of sulfonamides is 1. The number of benzene rings is 3. The molecule has 0 aliphatic rings. The van der Waals surface area contributed by atoms with Crippen molar-refractivity contribution >= 4 is 27.3 Å².